The summed E-state index contributed by atoms with van der Waals surface area (Å²) in [4.78, 5) is 22.9. The Balaban J connectivity index is 1.50. The number of benzene rings is 1. The van der Waals surface area contributed by atoms with E-state index in [-0.39, 0.29) is 17.8 Å². The van der Waals surface area contributed by atoms with Gasteiger partial charge in [-0.15, -0.1) is 0 Å². The van der Waals surface area contributed by atoms with Crippen molar-refractivity contribution in [3.63, 3.8) is 0 Å². The number of rotatable bonds is 5. The summed E-state index contributed by atoms with van der Waals surface area (Å²) in [6.45, 7) is 3.68. The van der Waals surface area contributed by atoms with E-state index in [1.54, 1.807) is 12.4 Å². The minimum Gasteiger partial charge on any atom is -0.494 e. The van der Waals surface area contributed by atoms with Crippen LogP contribution in [-0.4, -0.2) is 42.2 Å². The predicted molar refractivity (Wildman–Crippen MR) is 102 cm³/mol. The summed E-state index contributed by atoms with van der Waals surface area (Å²) in [5.41, 5.74) is 1.41. The molecule has 27 heavy (non-hydrogen) atoms. The number of piperidine rings is 1. The van der Waals surface area contributed by atoms with Gasteiger partial charge in [-0.3, -0.25) is 0 Å². The standard InChI is InChI=1S/C19H24FN5O2/c1-3-13-11-18(22-12-21-13)25-8-6-14(7-9-25)23-19(26)24-15-4-5-17(27-2)16(20)10-15/h4-5,10-12,14H,3,6-9H2,1-2H3,(H2,23,24,26). The highest BCUT2D eigenvalue weighted by Crippen LogP contribution is 2.21. The quantitative estimate of drug-likeness (QED) is 0.842. The third-order valence-electron chi connectivity index (χ3n) is 4.64. The van der Waals surface area contributed by atoms with Gasteiger partial charge in [-0.1, -0.05) is 6.92 Å². The molecule has 2 aromatic rings. The largest absolute Gasteiger partial charge is 0.494 e. The van der Waals surface area contributed by atoms with Crippen LogP contribution in [0.4, 0.5) is 20.7 Å². The van der Waals surface area contributed by atoms with Crippen LogP contribution in [0.2, 0.25) is 0 Å². The molecule has 3 rings (SSSR count). The Morgan fingerprint density at radius 1 is 1.30 bits per heavy atom. The van der Waals surface area contributed by atoms with Gasteiger partial charge in [0.05, 0.1) is 7.11 Å². The van der Waals surface area contributed by atoms with Crippen molar-refractivity contribution < 1.29 is 13.9 Å². The summed E-state index contributed by atoms with van der Waals surface area (Å²) < 4.78 is 18.6. The molecule has 1 aliphatic rings. The van der Waals surface area contributed by atoms with E-state index in [4.69, 9.17) is 4.74 Å². The highest BCUT2D eigenvalue weighted by molar-refractivity contribution is 5.89. The molecule has 8 heteroatoms. The number of hydrogen-bond acceptors (Lipinski definition) is 5. The molecule has 0 atom stereocenters. The maximum Gasteiger partial charge on any atom is 0.319 e. The number of ether oxygens (including phenoxy) is 1. The number of carbonyl (C=O) groups is 1. The minimum atomic E-state index is -0.514. The van der Waals surface area contributed by atoms with E-state index in [1.807, 2.05) is 6.07 Å². The molecule has 2 heterocycles. The molecule has 2 N–H and O–H groups in total. The van der Waals surface area contributed by atoms with Gasteiger partial charge in [0.1, 0.15) is 12.1 Å². The molecular formula is C19H24FN5O2. The fourth-order valence-corrected chi connectivity index (χ4v) is 3.10. The van der Waals surface area contributed by atoms with Gasteiger partial charge in [0.25, 0.3) is 0 Å². The van der Waals surface area contributed by atoms with Crippen LogP contribution >= 0.6 is 0 Å². The molecule has 1 aliphatic heterocycles. The Morgan fingerprint density at radius 3 is 2.74 bits per heavy atom. The summed E-state index contributed by atoms with van der Waals surface area (Å²) in [6.07, 6.45) is 4.10. The summed E-state index contributed by atoms with van der Waals surface area (Å²) in [6, 6.07) is 6.06. The average Bonchev–Trinajstić information content (AvgIpc) is 2.68. The number of carbonyl (C=O) groups excluding carboxylic acids is 1. The fourth-order valence-electron chi connectivity index (χ4n) is 3.10. The summed E-state index contributed by atoms with van der Waals surface area (Å²) >= 11 is 0. The van der Waals surface area contributed by atoms with Crippen molar-refractivity contribution in [1.29, 1.82) is 0 Å². The van der Waals surface area contributed by atoms with E-state index >= 15 is 0 Å². The van der Waals surface area contributed by atoms with Crippen LogP contribution < -0.4 is 20.3 Å². The van der Waals surface area contributed by atoms with Crippen LogP contribution in [0.15, 0.2) is 30.6 Å². The lowest BCUT2D eigenvalue weighted by molar-refractivity contribution is 0.246. The van der Waals surface area contributed by atoms with Gasteiger partial charge in [-0.2, -0.15) is 0 Å². The second kappa shape index (κ2) is 8.66. The normalized spacial score (nSPS) is 14.7. The Kier molecular flexibility index (Phi) is 6.05. The summed E-state index contributed by atoms with van der Waals surface area (Å²) in [7, 11) is 1.40. The van der Waals surface area contributed by atoms with E-state index in [0.29, 0.717) is 5.69 Å². The van der Waals surface area contributed by atoms with E-state index in [0.717, 1.165) is 43.9 Å². The molecule has 1 aromatic heterocycles. The molecule has 2 amide bonds. The molecule has 144 valence electrons. The first-order chi connectivity index (χ1) is 13.1. The number of amides is 2. The second-order valence-corrected chi connectivity index (χ2v) is 6.43. The lowest BCUT2D eigenvalue weighted by atomic mass is 10.1. The number of urea groups is 1. The molecule has 0 saturated carbocycles. The van der Waals surface area contributed by atoms with Crippen molar-refractivity contribution in [3.05, 3.63) is 42.1 Å². The minimum absolute atomic E-state index is 0.0665. The fraction of sp³-hybridized carbons (Fsp3) is 0.421. The van der Waals surface area contributed by atoms with Gasteiger partial charge in [0, 0.05) is 42.6 Å². The van der Waals surface area contributed by atoms with Gasteiger partial charge in [-0.05, 0) is 31.4 Å². The molecule has 7 nitrogen and oxygen atoms in total. The van der Waals surface area contributed by atoms with Crippen LogP contribution in [0.1, 0.15) is 25.5 Å². The highest BCUT2D eigenvalue weighted by atomic mass is 19.1. The van der Waals surface area contributed by atoms with E-state index in [9.17, 15) is 9.18 Å². The molecule has 1 aromatic carbocycles. The van der Waals surface area contributed by atoms with E-state index < -0.39 is 5.82 Å². The van der Waals surface area contributed by atoms with Gasteiger partial charge in [0.15, 0.2) is 11.6 Å². The molecule has 0 unspecified atom stereocenters. The number of methoxy groups -OCH3 is 1. The third kappa shape index (κ3) is 4.84. The van der Waals surface area contributed by atoms with Crippen LogP contribution in [0, 0.1) is 5.82 Å². The Bertz CT molecular complexity index is 793. The van der Waals surface area contributed by atoms with E-state index in [2.05, 4.69) is 32.4 Å². The van der Waals surface area contributed by atoms with Gasteiger partial charge in [0.2, 0.25) is 0 Å². The van der Waals surface area contributed by atoms with Crippen molar-refractivity contribution >= 4 is 17.5 Å². The molecule has 1 saturated heterocycles. The number of nitrogens with zero attached hydrogens (tertiary/aromatic N) is 3. The average molecular weight is 373 g/mol. The van der Waals surface area contributed by atoms with Gasteiger partial charge in [-0.25, -0.2) is 19.2 Å². The van der Waals surface area contributed by atoms with E-state index in [1.165, 1.54) is 19.2 Å². The van der Waals surface area contributed by atoms with Crippen LogP contribution in [0.5, 0.6) is 5.75 Å². The maximum absolute atomic E-state index is 13.7. The number of nitrogens with one attached hydrogen (secondary N) is 2. The molecule has 0 spiro atoms. The molecule has 0 radical (unpaired) electrons. The zero-order valence-electron chi connectivity index (χ0n) is 15.5. The monoisotopic (exact) mass is 373 g/mol. The van der Waals surface area contributed by atoms with Crippen LogP contribution in [-0.2, 0) is 6.42 Å². The Hall–Kier alpha value is -2.90. The lowest BCUT2D eigenvalue weighted by Crippen LogP contribution is -2.46. The topological polar surface area (TPSA) is 79.4 Å². The first-order valence-electron chi connectivity index (χ1n) is 9.06. The SMILES string of the molecule is CCc1cc(N2CCC(NC(=O)Nc3ccc(OC)c(F)c3)CC2)ncn1. The number of aryl methyl sites for hydroxylation is 1. The Morgan fingerprint density at radius 2 is 2.07 bits per heavy atom. The first-order valence-corrected chi connectivity index (χ1v) is 9.06. The Labute approximate surface area is 158 Å². The van der Waals surface area contributed by atoms with Crippen LogP contribution in [0.3, 0.4) is 0 Å². The van der Waals surface area contributed by atoms with Crippen molar-refractivity contribution in [2.75, 3.05) is 30.4 Å². The smallest absolute Gasteiger partial charge is 0.319 e. The zero-order chi connectivity index (χ0) is 19.2. The third-order valence-corrected chi connectivity index (χ3v) is 4.64. The van der Waals surface area contributed by atoms with Crippen molar-refractivity contribution in [3.8, 4) is 5.75 Å². The van der Waals surface area contributed by atoms with Crippen molar-refractivity contribution in [1.82, 2.24) is 15.3 Å². The summed E-state index contributed by atoms with van der Waals surface area (Å²) in [5.74, 6) is 0.558. The zero-order valence-corrected chi connectivity index (χ0v) is 15.5. The number of halogens is 1. The molecule has 0 bridgehead atoms. The predicted octanol–water partition coefficient (Wildman–Crippen LogP) is 2.98. The summed E-state index contributed by atoms with van der Waals surface area (Å²) in [5, 5.41) is 5.61. The second-order valence-electron chi connectivity index (χ2n) is 6.43. The molecular weight excluding hydrogens is 349 g/mol. The highest BCUT2D eigenvalue weighted by Gasteiger charge is 2.22. The maximum atomic E-state index is 13.7. The molecule has 0 aliphatic carbocycles. The van der Waals surface area contributed by atoms with Crippen LogP contribution in [0.25, 0.3) is 0 Å². The van der Waals surface area contributed by atoms with Crippen molar-refractivity contribution in [2.24, 2.45) is 0 Å². The molecule has 1 fully saturated rings. The van der Waals surface area contributed by atoms with Gasteiger partial charge < -0.3 is 20.3 Å². The number of aromatic nitrogens is 2. The number of hydrogen-bond donors (Lipinski definition) is 2. The van der Waals surface area contributed by atoms with Gasteiger partial charge >= 0.3 is 6.03 Å². The van der Waals surface area contributed by atoms with Crippen molar-refractivity contribution in [2.45, 2.75) is 32.2 Å². The number of anilines is 2. The lowest BCUT2D eigenvalue weighted by Gasteiger charge is -2.33. The first kappa shape index (κ1) is 18.9.